The molecular weight excluding hydrogens is 281 g/mol. The van der Waals surface area contributed by atoms with Crippen LogP contribution in [-0.4, -0.2) is 29.8 Å². The molecule has 0 radical (unpaired) electrons. The predicted molar refractivity (Wildman–Crippen MR) is 80.3 cm³/mol. The summed E-state index contributed by atoms with van der Waals surface area (Å²) in [6, 6.07) is 5.60. The van der Waals surface area contributed by atoms with E-state index in [9.17, 15) is 4.79 Å². The molecule has 19 heavy (non-hydrogen) atoms. The van der Waals surface area contributed by atoms with Gasteiger partial charge in [0, 0.05) is 16.6 Å². The van der Waals surface area contributed by atoms with Gasteiger partial charge in [-0.2, -0.15) is 0 Å². The van der Waals surface area contributed by atoms with E-state index < -0.39 is 0 Å². The zero-order valence-electron chi connectivity index (χ0n) is 11.2. The van der Waals surface area contributed by atoms with E-state index in [4.69, 9.17) is 23.2 Å². The number of hydrogen-bond acceptors (Lipinski definition) is 2. The van der Waals surface area contributed by atoms with Gasteiger partial charge in [0.1, 0.15) is 0 Å². The van der Waals surface area contributed by atoms with Gasteiger partial charge >= 0.3 is 0 Å². The van der Waals surface area contributed by atoms with Crippen molar-refractivity contribution in [2.45, 2.75) is 38.6 Å². The van der Waals surface area contributed by atoms with Crippen LogP contribution >= 0.6 is 23.2 Å². The molecule has 0 bridgehead atoms. The van der Waals surface area contributed by atoms with Crippen LogP contribution in [0.3, 0.4) is 0 Å². The maximum Gasteiger partial charge on any atom is 0.178 e. The quantitative estimate of drug-likeness (QED) is 0.766. The fraction of sp³-hybridized carbons (Fsp3) is 0.533. The topological polar surface area (TPSA) is 20.3 Å². The van der Waals surface area contributed by atoms with Crippen LogP contribution in [0.25, 0.3) is 0 Å². The summed E-state index contributed by atoms with van der Waals surface area (Å²) in [7, 11) is 0. The molecule has 0 amide bonds. The Labute approximate surface area is 124 Å². The molecule has 1 saturated heterocycles. The molecule has 1 atom stereocenters. The average molecular weight is 300 g/mol. The smallest absolute Gasteiger partial charge is 0.178 e. The van der Waals surface area contributed by atoms with Gasteiger partial charge in [-0.25, -0.2) is 0 Å². The monoisotopic (exact) mass is 299 g/mol. The second-order valence-corrected chi connectivity index (χ2v) is 5.92. The van der Waals surface area contributed by atoms with E-state index in [0.29, 0.717) is 28.2 Å². The molecule has 0 saturated carbocycles. The highest BCUT2D eigenvalue weighted by Crippen LogP contribution is 2.24. The van der Waals surface area contributed by atoms with E-state index in [-0.39, 0.29) is 5.78 Å². The minimum absolute atomic E-state index is 0.0852. The number of halogens is 2. The van der Waals surface area contributed by atoms with Crippen LogP contribution < -0.4 is 0 Å². The summed E-state index contributed by atoms with van der Waals surface area (Å²) in [6.45, 7) is 3.65. The normalized spacial score (nSPS) is 20.5. The molecule has 0 aliphatic carbocycles. The fourth-order valence-corrected chi connectivity index (χ4v) is 3.23. The number of carbonyl (C=O) groups is 1. The highest BCUT2D eigenvalue weighted by Gasteiger charge is 2.23. The van der Waals surface area contributed by atoms with Gasteiger partial charge in [-0.3, -0.25) is 9.69 Å². The van der Waals surface area contributed by atoms with Gasteiger partial charge in [0.2, 0.25) is 0 Å². The van der Waals surface area contributed by atoms with Crippen molar-refractivity contribution in [1.29, 1.82) is 0 Å². The van der Waals surface area contributed by atoms with Crippen LogP contribution in [-0.2, 0) is 0 Å². The van der Waals surface area contributed by atoms with E-state index >= 15 is 0 Å². The first-order valence-corrected chi connectivity index (χ1v) is 7.59. The van der Waals surface area contributed by atoms with Gasteiger partial charge in [0.25, 0.3) is 0 Å². The van der Waals surface area contributed by atoms with Gasteiger partial charge in [-0.1, -0.05) is 36.5 Å². The molecule has 104 valence electrons. The number of ketones is 1. The first-order valence-electron chi connectivity index (χ1n) is 6.84. The first kappa shape index (κ1) is 14.8. The molecular formula is C15H19Cl2NO. The third-order valence-electron chi connectivity index (χ3n) is 3.80. The van der Waals surface area contributed by atoms with Gasteiger partial charge in [0.05, 0.1) is 11.6 Å². The lowest BCUT2D eigenvalue weighted by Crippen LogP contribution is -2.42. The SMILES string of the molecule is CCC1CCCCN1CC(=O)c1ccc(Cl)cc1Cl. The van der Waals surface area contributed by atoms with Crippen molar-refractivity contribution in [3.05, 3.63) is 33.8 Å². The standard InChI is InChI=1S/C15H19Cl2NO/c1-2-12-5-3-4-8-18(12)10-15(19)13-7-6-11(16)9-14(13)17/h6-7,9,12H,2-5,8,10H2,1H3. The molecule has 1 aliphatic heterocycles. The lowest BCUT2D eigenvalue weighted by atomic mass is 9.99. The Morgan fingerprint density at radius 3 is 2.84 bits per heavy atom. The molecule has 0 aromatic heterocycles. The highest BCUT2D eigenvalue weighted by atomic mass is 35.5. The van der Waals surface area contributed by atoms with Gasteiger partial charge < -0.3 is 0 Å². The molecule has 1 aromatic carbocycles. The van der Waals surface area contributed by atoms with Crippen molar-refractivity contribution in [3.8, 4) is 0 Å². The molecule has 1 fully saturated rings. The minimum Gasteiger partial charge on any atom is -0.293 e. The van der Waals surface area contributed by atoms with Crippen molar-refractivity contribution in [1.82, 2.24) is 4.90 Å². The third kappa shape index (κ3) is 3.71. The van der Waals surface area contributed by atoms with E-state index in [1.165, 1.54) is 19.3 Å². The van der Waals surface area contributed by atoms with Crippen LogP contribution in [0.1, 0.15) is 43.0 Å². The highest BCUT2D eigenvalue weighted by molar-refractivity contribution is 6.36. The van der Waals surface area contributed by atoms with Crippen molar-refractivity contribution in [3.63, 3.8) is 0 Å². The van der Waals surface area contributed by atoms with Crippen LogP contribution in [0.2, 0.25) is 10.0 Å². The van der Waals surface area contributed by atoms with Gasteiger partial charge in [-0.15, -0.1) is 0 Å². The van der Waals surface area contributed by atoms with Crippen LogP contribution in [0.15, 0.2) is 18.2 Å². The Bertz CT molecular complexity index is 461. The van der Waals surface area contributed by atoms with E-state index in [2.05, 4.69) is 11.8 Å². The van der Waals surface area contributed by atoms with Crippen LogP contribution in [0, 0.1) is 0 Å². The zero-order valence-corrected chi connectivity index (χ0v) is 12.7. The lowest BCUT2D eigenvalue weighted by molar-refractivity contribution is 0.0838. The van der Waals surface area contributed by atoms with E-state index in [1.807, 2.05) is 0 Å². The number of likely N-dealkylation sites (tertiary alicyclic amines) is 1. The van der Waals surface area contributed by atoms with Crippen molar-refractivity contribution in [2.24, 2.45) is 0 Å². The third-order valence-corrected chi connectivity index (χ3v) is 4.35. The van der Waals surface area contributed by atoms with Crippen LogP contribution in [0.5, 0.6) is 0 Å². The number of nitrogens with zero attached hydrogens (tertiary/aromatic N) is 1. The molecule has 1 aromatic rings. The summed E-state index contributed by atoms with van der Waals surface area (Å²) < 4.78 is 0. The zero-order chi connectivity index (χ0) is 13.8. The molecule has 0 spiro atoms. The largest absolute Gasteiger partial charge is 0.293 e. The second-order valence-electron chi connectivity index (χ2n) is 5.08. The van der Waals surface area contributed by atoms with Crippen molar-refractivity contribution in [2.75, 3.05) is 13.1 Å². The Hall–Kier alpha value is -0.570. The molecule has 2 nitrogen and oxygen atoms in total. The summed E-state index contributed by atoms with van der Waals surface area (Å²) in [6.07, 6.45) is 4.74. The summed E-state index contributed by atoms with van der Waals surface area (Å²) in [4.78, 5) is 14.6. The van der Waals surface area contributed by atoms with Gasteiger partial charge in [0.15, 0.2) is 5.78 Å². The summed E-state index contributed by atoms with van der Waals surface area (Å²) in [5.41, 5.74) is 0.575. The molecule has 1 aliphatic rings. The number of rotatable bonds is 4. The Morgan fingerprint density at radius 1 is 1.37 bits per heavy atom. The number of carbonyl (C=O) groups excluding carboxylic acids is 1. The molecule has 4 heteroatoms. The molecule has 0 N–H and O–H groups in total. The maximum absolute atomic E-state index is 12.3. The minimum atomic E-state index is 0.0852. The number of benzene rings is 1. The summed E-state index contributed by atoms with van der Waals surface area (Å²) >= 11 is 11.9. The lowest BCUT2D eigenvalue weighted by Gasteiger charge is -2.34. The van der Waals surface area contributed by atoms with E-state index in [0.717, 1.165) is 13.0 Å². The van der Waals surface area contributed by atoms with E-state index in [1.54, 1.807) is 18.2 Å². The first-order chi connectivity index (χ1) is 9.11. The van der Waals surface area contributed by atoms with Gasteiger partial charge in [-0.05, 0) is 44.0 Å². The number of hydrogen-bond donors (Lipinski definition) is 0. The molecule has 2 rings (SSSR count). The van der Waals surface area contributed by atoms with Crippen LogP contribution in [0.4, 0.5) is 0 Å². The number of Topliss-reactive ketones (excluding diaryl/α,β-unsaturated/α-hetero) is 1. The van der Waals surface area contributed by atoms with Crippen molar-refractivity contribution < 1.29 is 4.79 Å². The number of piperidine rings is 1. The Kier molecular flexibility index (Phi) is 5.26. The average Bonchev–Trinajstić information content (AvgIpc) is 2.39. The maximum atomic E-state index is 12.3. The van der Waals surface area contributed by atoms with Crippen molar-refractivity contribution >= 4 is 29.0 Å². The summed E-state index contributed by atoms with van der Waals surface area (Å²) in [5, 5.41) is 1.01. The molecule has 1 unspecified atom stereocenters. The summed E-state index contributed by atoms with van der Waals surface area (Å²) in [5.74, 6) is 0.0852. The Morgan fingerprint density at radius 2 is 2.16 bits per heavy atom. The fourth-order valence-electron chi connectivity index (χ4n) is 2.72. The predicted octanol–water partition coefficient (Wildman–Crippen LogP) is 4.44. The second kappa shape index (κ2) is 6.74. The Balaban J connectivity index is 2.07. The molecule has 1 heterocycles.